The Labute approximate surface area is 344 Å². The van der Waals surface area contributed by atoms with Crippen molar-refractivity contribution in [3.8, 4) is 11.1 Å². The standard InChI is InChI=1S/C48H61N5O5/c49-43-17-5-6-18-44(43)51-47(56)20-4-2-1-3-19-46(55)50-31-36-12-9-13-38(28-36)39-14-10-15-40(29-39)48-57-42(30-45(58-48)37-23-21-35(34-54)22-24-37)33-53-27-11-16-41(53)32-52-25-7-8-26-52/h5-6,9-10,12-15,17-18,21-24,28-29,41-42,45,48,54H,1-4,7-8,11,16,19-20,25-27,30-34,49H2,(H,50,55)(H,51,56)/t41-,42+,45-,48-/m0/s1. The zero-order valence-electron chi connectivity index (χ0n) is 33.8. The second-order valence-electron chi connectivity index (χ2n) is 16.3. The summed E-state index contributed by atoms with van der Waals surface area (Å²) in [5.74, 6) is -0.0131. The van der Waals surface area contributed by atoms with E-state index in [-0.39, 0.29) is 30.6 Å². The number of nitrogen functional groups attached to an aromatic ring is 1. The third kappa shape index (κ3) is 11.8. The van der Waals surface area contributed by atoms with Crippen LogP contribution < -0.4 is 16.4 Å². The van der Waals surface area contributed by atoms with Gasteiger partial charge in [0, 0.05) is 50.5 Å². The minimum Gasteiger partial charge on any atom is -0.397 e. The molecule has 0 saturated carbocycles. The molecular formula is C48H61N5O5. The molecule has 7 rings (SSSR count). The van der Waals surface area contributed by atoms with Gasteiger partial charge < -0.3 is 35.8 Å². The molecule has 0 aromatic heterocycles. The fourth-order valence-corrected chi connectivity index (χ4v) is 8.66. The number of carbonyl (C=O) groups excluding carboxylic acids is 2. The predicted octanol–water partition coefficient (Wildman–Crippen LogP) is 8.13. The van der Waals surface area contributed by atoms with E-state index in [0.717, 1.165) is 85.1 Å². The summed E-state index contributed by atoms with van der Waals surface area (Å²) in [5, 5.41) is 15.6. The minimum atomic E-state index is -0.519. The summed E-state index contributed by atoms with van der Waals surface area (Å²) in [6.07, 6.45) is 9.47. The molecule has 0 unspecified atom stereocenters. The second-order valence-corrected chi connectivity index (χ2v) is 16.3. The van der Waals surface area contributed by atoms with Crippen LogP contribution in [-0.4, -0.2) is 71.6 Å². The molecule has 308 valence electrons. The first kappa shape index (κ1) is 41.6. The molecular weight excluding hydrogens is 727 g/mol. The van der Waals surface area contributed by atoms with Crippen molar-refractivity contribution in [1.29, 1.82) is 0 Å². The van der Waals surface area contributed by atoms with Crippen molar-refractivity contribution in [2.75, 3.05) is 43.8 Å². The maximum Gasteiger partial charge on any atom is 0.224 e. The molecule has 0 radical (unpaired) electrons. The van der Waals surface area contributed by atoms with Gasteiger partial charge in [0.05, 0.1) is 30.2 Å². The van der Waals surface area contributed by atoms with E-state index in [0.29, 0.717) is 36.8 Å². The van der Waals surface area contributed by atoms with E-state index < -0.39 is 6.29 Å². The number of hydrogen-bond donors (Lipinski definition) is 4. The van der Waals surface area contributed by atoms with Gasteiger partial charge in [0.2, 0.25) is 11.8 Å². The summed E-state index contributed by atoms with van der Waals surface area (Å²) in [7, 11) is 0. The van der Waals surface area contributed by atoms with Crippen LogP contribution in [0.15, 0.2) is 97.1 Å². The van der Waals surface area contributed by atoms with E-state index in [2.05, 4.69) is 69.0 Å². The normalized spacial score (nSPS) is 21.3. The summed E-state index contributed by atoms with van der Waals surface area (Å²) in [6.45, 7) is 6.07. The van der Waals surface area contributed by atoms with Crippen molar-refractivity contribution >= 4 is 23.2 Å². The molecule has 3 saturated heterocycles. The molecule has 3 heterocycles. The molecule has 58 heavy (non-hydrogen) atoms. The number of hydrogen-bond acceptors (Lipinski definition) is 8. The van der Waals surface area contributed by atoms with Crippen LogP contribution >= 0.6 is 0 Å². The number of para-hydroxylation sites is 2. The van der Waals surface area contributed by atoms with Gasteiger partial charge in [-0.15, -0.1) is 0 Å². The number of benzene rings is 4. The first-order valence-electron chi connectivity index (χ1n) is 21.5. The van der Waals surface area contributed by atoms with Crippen molar-refractivity contribution in [2.45, 2.75) is 108 Å². The van der Waals surface area contributed by atoms with Gasteiger partial charge in [-0.25, -0.2) is 0 Å². The molecule has 10 heteroatoms. The van der Waals surface area contributed by atoms with Crippen molar-refractivity contribution in [3.05, 3.63) is 119 Å². The van der Waals surface area contributed by atoms with Crippen LogP contribution in [0.5, 0.6) is 0 Å². The van der Waals surface area contributed by atoms with Gasteiger partial charge in [-0.3, -0.25) is 14.5 Å². The largest absolute Gasteiger partial charge is 0.397 e. The minimum absolute atomic E-state index is 0.0165. The van der Waals surface area contributed by atoms with Crippen LogP contribution in [0.3, 0.4) is 0 Å². The van der Waals surface area contributed by atoms with Crippen molar-refractivity contribution in [1.82, 2.24) is 15.1 Å². The summed E-state index contributed by atoms with van der Waals surface area (Å²) in [6, 6.07) is 32.7. The Bertz CT molecular complexity index is 1930. The monoisotopic (exact) mass is 787 g/mol. The highest BCUT2D eigenvalue weighted by atomic mass is 16.7. The molecule has 3 aliphatic heterocycles. The highest BCUT2D eigenvalue weighted by Gasteiger charge is 2.36. The molecule has 3 aliphatic rings. The number of unbranched alkanes of at least 4 members (excludes halogenated alkanes) is 3. The van der Waals surface area contributed by atoms with Gasteiger partial charge in [-0.1, -0.05) is 85.6 Å². The molecule has 0 bridgehead atoms. The summed E-state index contributed by atoms with van der Waals surface area (Å²) in [4.78, 5) is 30.3. The molecule has 4 aromatic rings. The number of anilines is 2. The molecule has 10 nitrogen and oxygen atoms in total. The quantitative estimate of drug-likeness (QED) is 0.0588. The Kier molecular flexibility index (Phi) is 15.0. The molecule has 5 N–H and O–H groups in total. The van der Waals surface area contributed by atoms with E-state index in [4.69, 9.17) is 15.2 Å². The average Bonchev–Trinajstić information content (AvgIpc) is 3.94. The number of nitrogens with zero attached hydrogens (tertiary/aromatic N) is 2. The lowest BCUT2D eigenvalue weighted by Gasteiger charge is -2.39. The Morgan fingerprint density at radius 1 is 0.724 bits per heavy atom. The van der Waals surface area contributed by atoms with Crippen molar-refractivity contribution < 1.29 is 24.2 Å². The number of nitrogens with one attached hydrogen (secondary N) is 2. The van der Waals surface area contributed by atoms with Crippen LogP contribution in [0.2, 0.25) is 0 Å². The van der Waals surface area contributed by atoms with E-state index in [1.807, 2.05) is 36.4 Å². The van der Waals surface area contributed by atoms with Crippen LogP contribution in [0.4, 0.5) is 11.4 Å². The summed E-state index contributed by atoms with van der Waals surface area (Å²) in [5.41, 5.74) is 13.3. The average molecular weight is 788 g/mol. The fourth-order valence-electron chi connectivity index (χ4n) is 8.66. The number of amides is 2. The predicted molar refractivity (Wildman–Crippen MR) is 230 cm³/mol. The summed E-state index contributed by atoms with van der Waals surface area (Å²) < 4.78 is 13.6. The molecule has 3 fully saturated rings. The highest BCUT2D eigenvalue weighted by Crippen LogP contribution is 2.40. The maximum absolute atomic E-state index is 12.7. The number of carbonyl (C=O) groups is 2. The van der Waals surface area contributed by atoms with Gasteiger partial charge in [-0.2, -0.15) is 0 Å². The van der Waals surface area contributed by atoms with Crippen LogP contribution in [0, 0.1) is 0 Å². The van der Waals surface area contributed by atoms with Crippen LogP contribution in [0.1, 0.15) is 105 Å². The van der Waals surface area contributed by atoms with Crippen molar-refractivity contribution in [3.63, 3.8) is 0 Å². The molecule has 2 amide bonds. The number of aliphatic hydroxyl groups is 1. The fraction of sp³-hybridized carbons (Fsp3) is 0.458. The van der Waals surface area contributed by atoms with E-state index in [1.54, 1.807) is 12.1 Å². The molecule has 4 atom stereocenters. The van der Waals surface area contributed by atoms with Crippen LogP contribution in [-0.2, 0) is 32.2 Å². The Balaban J connectivity index is 0.922. The van der Waals surface area contributed by atoms with E-state index in [1.165, 1.54) is 38.8 Å². The van der Waals surface area contributed by atoms with Gasteiger partial charge in [0.15, 0.2) is 6.29 Å². The zero-order chi connectivity index (χ0) is 40.1. The van der Waals surface area contributed by atoms with E-state index in [9.17, 15) is 14.7 Å². The van der Waals surface area contributed by atoms with Crippen molar-refractivity contribution in [2.24, 2.45) is 0 Å². The Morgan fingerprint density at radius 2 is 1.47 bits per heavy atom. The van der Waals surface area contributed by atoms with Gasteiger partial charge in [0.25, 0.3) is 0 Å². The number of likely N-dealkylation sites (tertiary alicyclic amines) is 2. The summed E-state index contributed by atoms with van der Waals surface area (Å²) >= 11 is 0. The molecule has 4 aromatic carbocycles. The van der Waals surface area contributed by atoms with Gasteiger partial charge in [0.1, 0.15) is 0 Å². The lowest BCUT2D eigenvalue weighted by Crippen LogP contribution is -2.45. The SMILES string of the molecule is Nc1ccccc1NC(=O)CCCCCCC(=O)NCc1cccc(-c2cccc([C@H]3O[C@@H](CN4CCC[C@H]4CN4CCCC4)C[C@@H](c4ccc(CO)cc4)O3)c2)c1. The van der Waals surface area contributed by atoms with Crippen LogP contribution in [0.25, 0.3) is 11.1 Å². The van der Waals surface area contributed by atoms with Gasteiger partial charge in [-0.05, 0) is 110 Å². The third-order valence-electron chi connectivity index (χ3n) is 11.9. The zero-order valence-corrected chi connectivity index (χ0v) is 33.8. The lowest BCUT2D eigenvalue weighted by molar-refractivity contribution is -0.253. The number of nitrogens with two attached hydrogens (primary N) is 1. The first-order chi connectivity index (χ1) is 28.4. The molecule has 0 spiro atoms. The molecule has 0 aliphatic carbocycles. The number of aliphatic hydroxyl groups excluding tert-OH is 1. The Hall–Kier alpha value is -4.58. The number of ether oxygens (including phenoxy) is 2. The maximum atomic E-state index is 12.7. The van der Waals surface area contributed by atoms with E-state index >= 15 is 0 Å². The highest BCUT2D eigenvalue weighted by molar-refractivity contribution is 5.93. The van der Waals surface area contributed by atoms with Gasteiger partial charge >= 0.3 is 0 Å². The number of rotatable bonds is 18. The first-order valence-corrected chi connectivity index (χ1v) is 21.5. The third-order valence-corrected chi connectivity index (χ3v) is 11.9. The topological polar surface area (TPSA) is 129 Å². The smallest absolute Gasteiger partial charge is 0.224 e. The Morgan fingerprint density at radius 3 is 2.24 bits per heavy atom. The second kappa shape index (κ2) is 20.9. The lowest BCUT2D eigenvalue weighted by atomic mass is 9.98.